The highest BCUT2D eigenvalue weighted by Gasteiger charge is 2.13. The molecule has 18 heavy (non-hydrogen) atoms. The maximum absolute atomic E-state index is 4.60. The minimum Gasteiger partial charge on any atom is -0.311 e. The Kier molecular flexibility index (Phi) is 3.82. The Bertz CT molecular complexity index is 514. The predicted molar refractivity (Wildman–Crippen MR) is 74.7 cm³/mol. The molecule has 0 aliphatic heterocycles. The van der Waals surface area contributed by atoms with Crippen molar-refractivity contribution in [3.05, 3.63) is 52.8 Å². The number of likely N-dealkylation sites (N-methyl/N-ethyl adjacent to an activating group) is 1. The molecule has 1 heterocycles. The minimum atomic E-state index is 0.295. The molecule has 2 rings (SSSR count). The van der Waals surface area contributed by atoms with E-state index < -0.39 is 0 Å². The van der Waals surface area contributed by atoms with Gasteiger partial charge in [0.1, 0.15) is 0 Å². The second-order valence-corrected chi connectivity index (χ2v) is 4.73. The summed E-state index contributed by atoms with van der Waals surface area (Å²) in [7, 11) is 2.00. The number of hydrogen-bond acceptors (Lipinski definition) is 2. The largest absolute Gasteiger partial charge is 0.311 e. The Morgan fingerprint density at radius 1 is 1.17 bits per heavy atom. The zero-order valence-electron chi connectivity index (χ0n) is 11.6. The third-order valence-electron chi connectivity index (χ3n) is 3.65. The van der Waals surface area contributed by atoms with Crippen molar-refractivity contribution >= 4 is 0 Å². The van der Waals surface area contributed by atoms with Crippen molar-refractivity contribution in [2.75, 3.05) is 7.05 Å². The first-order valence-electron chi connectivity index (χ1n) is 6.36. The molecule has 2 aromatic rings. The van der Waals surface area contributed by atoms with Crippen molar-refractivity contribution in [3.8, 4) is 0 Å². The highest BCUT2D eigenvalue weighted by molar-refractivity contribution is 5.23. The van der Waals surface area contributed by atoms with Gasteiger partial charge in [-0.05, 0) is 38.9 Å². The van der Waals surface area contributed by atoms with Gasteiger partial charge in [-0.1, -0.05) is 30.3 Å². The Hall–Kier alpha value is -1.61. The van der Waals surface area contributed by atoms with Gasteiger partial charge in [-0.15, -0.1) is 0 Å². The third kappa shape index (κ3) is 2.46. The first-order valence-corrected chi connectivity index (χ1v) is 6.36. The van der Waals surface area contributed by atoms with Gasteiger partial charge in [0.05, 0.1) is 18.3 Å². The highest BCUT2D eigenvalue weighted by Crippen LogP contribution is 2.17. The number of rotatable bonds is 4. The first kappa shape index (κ1) is 12.8. The summed E-state index contributed by atoms with van der Waals surface area (Å²) in [6.45, 7) is 7.19. The molecule has 0 radical (unpaired) electrons. The van der Waals surface area contributed by atoms with Crippen LogP contribution in [0.4, 0.5) is 0 Å². The topological polar surface area (TPSA) is 29.9 Å². The second kappa shape index (κ2) is 5.36. The van der Waals surface area contributed by atoms with Crippen LogP contribution in [0.3, 0.4) is 0 Å². The average molecular weight is 243 g/mol. The fourth-order valence-electron chi connectivity index (χ4n) is 2.19. The number of hydrogen-bond donors (Lipinski definition) is 1. The molecule has 0 aliphatic carbocycles. The van der Waals surface area contributed by atoms with Gasteiger partial charge >= 0.3 is 0 Å². The van der Waals surface area contributed by atoms with Crippen LogP contribution in [0, 0.1) is 20.8 Å². The quantitative estimate of drug-likeness (QED) is 0.895. The monoisotopic (exact) mass is 243 g/mol. The Labute approximate surface area is 109 Å². The zero-order valence-corrected chi connectivity index (χ0v) is 11.6. The number of benzene rings is 1. The molecule has 1 N–H and O–H groups in total. The standard InChI is InChI=1S/C15H21N3/c1-11-12(2)17-18(13(11)3)10-15(16-4)14-8-6-5-7-9-14/h5-9,15-16H,10H2,1-4H3. The maximum Gasteiger partial charge on any atom is 0.0625 e. The van der Waals surface area contributed by atoms with Crippen LogP contribution in [0.5, 0.6) is 0 Å². The van der Waals surface area contributed by atoms with E-state index in [1.54, 1.807) is 0 Å². The highest BCUT2D eigenvalue weighted by atomic mass is 15.3. The molecule has 0 fully saturated rings. The molecule has 96 valence electrons. The summed E-state index contributed by atoms with van der Waals surface area (Å²) in [5.74, 6) is 0. The summed E-state index contributed by atoms with van der Waals surface area (Å²) in [5.41, 5.74) is 4.96. The van der Waals surface area contributed by atoms with E-state index in [1.165, 1.54) is 16.8 Å². The molecule has 3 heteroatoms. The van der Waals surface area contributed by atoms with E-state index in [2.05, 4.69) is 60.1 Å². The Morgan fingerprint density at radius 2 is 1.83 bits per heavy atom. The summed E-state index contributed by atoms with van der Waals surface area (Å²) in [6, 6.07) is 10.8. The lowest BCUT2D eigenvalue weighted by atomic mass is 10.1. The molecule has 1 unspecified atom stereocenters. The van der Waals surface area contributed by atoms with E-state index in [0.717, 1.165) is 12.2 Å². The van der Waals surface area contributed by atoms with Crippen LogP contribution in [0.15, 0.2) is 30.3 Å². The smallest absolute Gasteiger partial charge is 0.0625 e. The summed E-state index contributed by atoms with van der Waals surface area (Å²) < 4.78 is 2.10. The van der Waals surface area contributed by atoms with Crippen LogP contribution >= 0.6 is 0 Å². The van der Waals surface area contributed by atoms with Gasteiger partial charge in [-0.2, -0.15) is 5.10 Å². The fourth-order valence-corrected chi connectivity index (χ4v) is 2.19. The summed E-state index contributed by atoms with van der Waals surface area (Å²) in [5, 5.41) is 7.96. The van der Waals surface area contributed by atoms with E-state index in [-0.39, 0.29) is 0 Å². The van der Waals surface area contributed by atoms with Crippen molar-refractivity contribution in [3.63, 3.8) is 0 Å². The van der Waals surface area contributed by atoms with E-state index in [9.17, 15) is 0 Å². The number of nitrogens with one attached hydrogen (secondary N) is 1. The molecule has 0 amide bonds. The molecular formula is C15H21N3. The minimum absolute atomic E-state index is 0.295. The van der Waals surface area contributed by atoms with E-state index in [0.29, 0.717) is 6.04 Å². The molecule has 0 aliphatic rings. The van der Waals surface area contributed by atoms with Crippen LogP contribution in [0.25, 0.3) is 0 Å². The van der Waals surface area contributed by atoms with Crippen LogP contribution < -0.4 is 5.32 Å². The van der Waals surface area contributed by atoms with Crippen molar-refractivity contribution < 1.29 is 0 Å². The number of nitrogens with zero attached hydrogens (tertiary/aromatic N) is 2. The maximum atomic E-state index is 4.60. The van der Waals surface area contributed by atoms with Gasteiger partial charge in [0.25, 0.3) is 0 Å². The van der Waals surface area contributed by atoms with Gasteiger partial charge in [0.15, 0.2) is 0 Å². The lowest BCUT2D eigenvalue weighted by Gasteiger charge is -2.17. The molecule has 0 saturated heterocycles. The van der Waals surface area contributed by atoms with Gasteiger partial charge in [0, 0.05) is 5.69 Å². The predicted octanol–water partition coefficient (Wildman–Crippen LogP) is 2.77. The number of aryl methyl sites for hydroxylation is 1. The number of aromatic nitrogens is 2. The molecule has 1 atom stereocenters. The molecular weight excluding hydrogens is 222 g/mol. The molecule has 0 bridgehead atoms. The molecule has 1 aromatic carbocycles. The van der Waals surface area contributed by atoms with E-state index in [1.807, 2.05) is 13.1 Å². The average Bonchev–Trinajstić information content (AvgIpc) is 2.64. The fraction of sp³-hybridized carbons (Fsp3) is 0.400. The normalized spacial score (nSPS) is 12.7. The van der Waals surface area contributed by atoms with Crippen molar-refractivity contribution in [2.24, 2.45) is 0 Å². The summed E-state index contributed by atoms with van der Waals surface area (Å²) in [4.78, 5) is 0. The Balaban J connectivity index is 2.23. The lowest BCUT2D eigenvalue weighted by Crippen LogP contribution is -2.23. The van der Waals surface area contributed by atoms with Crippen LogP contribution in [0.1, 0.15) is 28.6 Å². The van der Waals surface area contributed by atoms with Gasteiger partial charge < -0.3 is 5.32 Å². The lowest BCUT2D eigenvalue weighted by molar-refractivity contribution is 0.459. The van der Waals surface area contributed by atoms with E-state index >= 15 is 0 Å². The van der Waals surface area contributed by atoms with Crippen molar-refractivity contribution in [2.45, 2.75) is 33.4 Å². The first-order chi connectivity index (χ1) is 8.63. The third-order valence-corrected chi connectivity index (χ3v) is 3.65. The SMILES string of the molecule is CNC(Cn1nc(C)c(C)c1C)c1ccccc1. The van der Waals surface area contributed by atoms with Crippen molar-refractivity contribution in [1.82, 2.24) is 15.1 Å². The van der Waals surface area contributed by atoms with Crippen LogP contribution in [0.2, 0.25) is 0 Å². The molecule has 0 spiro atoms. The molecule has 3 nitrogen and oxygen atoms in total. The second-order valence-electron chi connectivity index (χ2n) is 4.73. The molecule has 1 aromatic heterocycles. The van der Waals surface area contributed by atoms with Gasteiger partial charge in [-0.3, -0.25) is 4.68 Å². The van der Waals surface area contributed by atoms with Crippen LogP contribution in [-0.2, 0) is 6.54 Å². The van der Waals surface area contributed by atoms with Gasteiger partial charge in [-0.25, -0.2) is 0 Å². The molecule has 0 saturated carbocycles. The van der Waals surface area contributed by atoms with Gasteiger partial charge in [0.2, 0.25) is 0 Å². The zero-order chi connectivity index (χ0) is 13.1. The Morgan fingerprint density at radius 3 is 2.33 bits per heavy atom. The van der Waals surface area contributed by atoms with Crippen molar-refractivity contribution in [1.29, 1.82) is 0 Å². The van der Waals surface area contributed by atoms with E-state index in [4.69, 9.17) is 0 Å². The summed E-state index contributed by atoms with van der Waals surface area (Å²) in [6.07, 6.45) is 0. The van der Waals surface area contributed by atoms with Crippen LogP contribution in [-0.4, -0.2) is 16.8 Å². The summed E-state index contributed by atoms with van der Waals surface area (Å²) >= 11 is 0.